The van der Waals surface area contributed by atoms with Crippen LogP contribution >= 0.6 is 0 Å². The molecule has 0 bridgehead atoms. The van der Waals surface area contributed by atoms with Crippen LogP contribution in [0, 0.1) is 11.8 Å². The Labute approximate surface area is 168 Å². The first-order valence-electron chi connectivity index (χ1n) is 10.8. The molecule has 1 aliphatic heterocycles. The van der Waals surface area contributed by atoms with Gasteiger partial charge in [-0.1, -0.05) is 38.7 Å². The Hall–Kier alpha value is -1.14. The van der Waals surface area contributed by atoms with Crippen molar-refractivity contribution in [3.63, 3.8) is 0 Å². The fourth-order valence-corrected chi connectivity index (χ4v) is 4.91. The van der Waals surface area contributed by atoms with Gasteiger partial charge in [-0.15, -0.1) is 0 Å². The van der Waals surface area contributed by atoms with Gasteiger partial charge in [0, 0.05) is 0 Å². The highest BCUT2D eigenvalue weighted by Gasteiger charge is 2.42. The van der Waals surface area contributed by atoms with Crippen LogP contribution in [0.5, 0.6) is 5.75 Å². The van der Waals surface area contributed by atoms with E-state index in [9.17, 15) is 15.3 Å². The zero-order valence-electron chi connectivity index (χ0n) is 17.4. The first kappa shape index (κ1) is 21.6. The van der Waals surface area contributed by atoms with Crippen molar-refractivity contribution >= 4 is 0 Å². The van der Waals surface area contributed by atoms with Crippen molar-refractivity contribution in [2.75, 3.05) is 7.11 Å². The van der Waals surface area contributed by atoms with Gasteiger partial charge in [-0.3, -0.25) is 0 Å². The molecule has 2 aliphatic rings. The van der Waals surface area contributed by atoms with E-state index in [-0.39, 0.29) is 0 Å². The molecule has 0 amide bonds. The lowest BCUT2D eigenvalue weighted by Gasteiger charge is -2.39. The number of hydrogen-bond donors (Lipinski definition) is 3. The lowest BCUT2D eigenvalue weighted by atomic mass is 9.77. The summed E-state index contributed by atoms with van der Waals surface area (Å²) >= 11 is 0. The maximum absolute atomic E-state index is 10.4. The normalized spacial score (nSPS) is 36.3. The fraction of sp³-hybridized carbons (Fsp3) is 0.739. The predicted molar refractivity (Wildman–Crippen MR) is 108 cm³/mol. The van der Waals surface area contributed by atoms with Gasteiger partial charge in [0.2, 0.25) is 0 Å². The van der Waals surface area contributed by atoms with E-state index in [2.05, 4.69) is 6.92 Å². The highest BCUT2D eigenvalue weighted by Crippen LogP contribution is 2.38. The molecule has 158 valence electrons. The third-order valence-corrected chi connectivity index (χ3v) is 6.66. The minimum atomic E-state index is -1.21. The van der Waals surface area contributed by atoms with Crippen molar-refractivity contribution in [1.82, 2.24) is 0 Å². The van der Waals surface area contributed by atoms with Gasteiger partial charge in [0.05, 0.1) is 13.2 Å². The molecule has 3 rings (SSSR count). The van der Waals surface area contributed by atoms with Crippen LogP contribution in [-0.2, 0) is 11.2 Å². The molecular formula is C23H36O5. The van der Waals surface area contributed by atoms with E-state index in [0.29, 0.717) is 5.92 Å². The molecule has 5 atom stereocenters. The molecule has 2 fully saturated rings. The van der Waals surface area contributed by atoms with E-state index in [0.717, 1.165) is 29.2 Å². The van der Waals surface area contributed by atoms with E-state index >= 15 is 0 Å². The van der Waals surface area contributed by atoms with Gasteiger partial charge in [0.25, 0.3) is 0 Å². The van der Waals surface area contributed by atoms with Crippen molar-refractivity contribution in [2.45, 2.75) is 89.3 Å². The van der Waals surface area contributed by atoms with Crippen molar-refractivity contribution in [2.24, 2.45) is 11.8 Å². The maximum Gasteiger partial charge on any atom is 0.122 e. The average Bonchev–Trinajstić information content (AvgIpc) is 2.71. The molecule has 5 heteroatoms. The molecule has 1 aromatic rings. The van der Waals surface area contributed by atoms with E-state index < -0.39 is 30.5 Å². The van der Waals surface area contributed by atoms with E-state index in [1.54, 1.807) is 14.0 Å². The Bertz CT molecular complexity index is 625. The Morgan fingerprint density at radius 3 is 2.32 bits per heavy atom. The summed E-state index contributed by atoms with van der Waals surface area (Å²) in [6.45, 7) is 3.98. The number of ether oxygens (including phenoxy) is 2. The molecule has 1 heterocycles. The van der Waals surface area contributed by atoms with Crippen molar-refractivity contribution in [3.05, 3.63) is 29.3 Å². The highest BCUT2D eigenvalue weighted by molar-refractivity contribution is 5.39. The van der Waals surface area contributed by atoms with Crippen LogP contribution in [-0.4, -0.2) is 46.8 Å². The number of hydrogen-bond acceptors (Lipinski definition) is 5. The summed E-state index contributed by atoms with van der Waals surface area (Å²) < 4.78 is 11.4. The summed E-state index contributed by atoms with van der Waals surface area (Å²) in [5.74, 6) is 2.40. The summed E-state index contributed by atoms with van der Waals surface area (Å²) in [5.41, 5.74) is 1.95. The Morgan fingerprint density at radius 2 is 1.68 bits per heavy atom. The Morgan fingerprint density at radius 1 is 1.00 bits per heavy atom. The molecule has 1 saturated carbocycles. The third-order valence-electron chi connectivity index (χ3n) is 6.66. The lowest BCUT2D eigenvalue weighted by molar-refractivity contribution is -0.219. The SMILES string of the molecule is CCCC1CCC(Cc2cc([C@@H]3O[C@H](C)[C@@H](O)[C@H](O)[C@H]3O)ccc2OC)CC1. The topological polar surface area (TPSA) is 79.2 Å². The number of methoxy groups -OCH3 is 1. The predicted octanol–water partition coefficient (Wildman–Crippen LogP) is 3.39. The van der Waals surface area contributed by atoms with Crippen LogP contribution in [0.15, 0.2) is 18.2 Å². The minimum Gasteiger partial charge on any atom is -0.496 e. The van der Waals surface area contributed by atoms with Gasteiger partial charge in [0.15, 0.2) is 0 Å². The lowest BCUT2D eigenvalue weighted by Crippen LogP contribution is -2.53. The number of benzene rings is 1. The smallest absolute Gasteiger partial charge is 0.122 e. The van der Waals surface area contributed by atoms with E-state index in [4.69, 9.17) is 9.47 Å². The van der Waals surface area contributed by atoms with Gasteiger partial charge >= 0.3 is 0 Å². The summed E-state index contributed by atoms with van der Waals surface area (Å²) in [4.78, 5) is 0. The van der Waals surface area contributed by atoms with E-state index in [1.807, 2.05) is 18.2 Å². The summed E-state index contributed by atoms with van der Waals surface area (Å²) in [6.07, 6.45) is 4.06. The van der Waals surface area contributed by atoms with Crippen LogP contribution in [0.1, 0.15) is 69.6 Å². The van der Waals surface area contributed by atoms with Gasteiger partial charge in [-0.2, -0.15) is 0 Å². The number of aliphatic hydroxyl groups is 3. The van der Waals surface area contributed by atoms with E-state index in [1.165, 1.54) is 38.5 Å². The first-order valence-corrected chi connectivity index (χ1v) is 10.8. The van der Waals surface area contributed by atoms with Crippen LogP contribution in [0.4, 0.5) is 0 Å². The molecule has 3 N–H and O–H groups in total. The number of rotatable bonds is 6. The molecule has 5 nitrogen and oxygen atoms in total. The van der Waals surface area contributed by atoms with Crippen LogP contribution in [0.25, 0.3) is 0 Å². The summed E-state index contributed by atoms with van der Waals surface area (Å²) in [7, 11) is 1.69. The monoisotopic (exact) mass is 392 g/mol. The van der Waals surface area contributed by atoms with Crippen LogP contribution in [0.2, 0.25) is 0 Å². The molecule has 1 saturated heterocycles. The second-order valence-electron chi connectivity index (χ2n) is 8.68. The molecule has 1 aromatic carbocycles. The molecule has 28 heavy (non-hydrogen) atoms. The van der Waals surface area contributed by atoms with Crippen LogP contribution < -0.4 is 4.74 Å². The van der Waals surface area contributed by atoms with Crippen LogP contribution in [0.3, 0.4) is 0 Å². The molecule has 0 unspecified atom stereocenters. The Kier molecular flexibility index (Phi) is 7.37. The first-order chi connectivity index (χ1) is 13.4. The summed E-state index contributed by atoms with van der Waals surface area (Å²) in [6, 6.07) is 5.85. The zero-order valence-corrected chi connectivity index (χ0v) is 17.4. The van der Waals surface area contributed by atoms with Crippen molar-refractivity contribution in [3.8, 4) is 5.75 Å². The minimum absolute atomic E-state index is 0.539. The summed E-state index contributed by atoms with van der Waals surface area (Å²) in [5, 5.41) is 30.5. The molecule has 1 aliphatic carbocycles. The third kappa shape index (κ3) is 4.70. The molecule has 0 radical (unpaired) electrons. The van der Waals surface area contributed by atoms with Gasteiger partial charge in [-0.25, -0.2) is 0 Å². The number of aliphatic hydroxyl groups excluding tert-OH is 3. The van der Waals surface area contributed by atoms with Crippen molar-refractivity contribution in [1.29, 1.82) is 0 Å². The average molecular weight is 393 g/mol. The molecule has 0 aromatic heterocycles. The second-order valence-corrected chi connectivity index (χ2v) is 8.68. The maximum atomic E-state index is 10.4. The van der Waals surface area contributed by atoms with Crippen molar-refractivity contribution < 1.29 is 24.8 Å². The Balaban J connectivity index is 1.74. The quantitative estimate of drug-likeness (QED) is 0.692. The molecule has 0 spiro atoms. The highest BCUT2D eigenvalue weighted by atomic mass is 16.5. The van der Waals surface area contributed by atoms with Gasteiger partial charge < -0.3 is 24.8 Å². The zero-order chi connectivity index (χ0) is 20.3. The van der Waals surface area contributed by atoms with Gasteiger partial charge in [0.1, 0.15) is 30.2 Å². The standard InChI is InChI=1S/C23H36O5/c1-4-5-15-6-8-16(9-7-15)12-18-13-17(10-11-19(18)27-3)23-22(26)21(25)20(24)14(2)28-23/h10-11,13-16,20-26H,4-9,12H2,1-3H3/t14-,15?,16?,20-,21+,22-,23+/m1/s1. The second kappa shape index (κ2) is 9.57. The fourth-order valence-electron chi connectivity index (χ4n) is 4.91. The largest absolute Gasteiger partial charge is 0.496 e. The molecular weight excluding hydrogens is 356 g/mol. The van der Waals surface area contributed by atoms with Gasteiger partial charge in [-0.05, 0) is 61.3 Å².